The van der Waals surface area contributed by atoms with Gasteiger partial charge in [-0.15, -0.1) is 0 Å². The standard InChI is InChI=1S/C12H6BrClFN3O/c13-10-6-18-4-3-16-11(18)12(17-10)19-7-1-2-8(14)9(15)5-7/h1-6H. The van der Waals surface area contributed by atoms with Gasteiger partial charge in [-0.3, -0.25) is 4.40 Å². The van der Waals surface area contributed by atoms with E-state index in [4.69, 9.17) is 16.3 Å². The van der Waals surface area contributed by atoms with Crippen molar-refractivity contribution in [3.8, 4) is 11.6 Å². The summed E-state index contributed by atoms with van der Waals surface area (Å²) in [5, 5.41) is 0.0421. The van der Waals surface area contributed by atoms with Crippen molar-refractivity contribution in [3.05, 3.63) is 52.2 Å². The third-order valence-electron chi connectivity index (χ3n) is 2.42. The van der Waals surface area contributed by atoms with Crippen molar-refractivity contribution in [1.82, 2.24) is 14.4 Å². The maximum atomic E-state index is 13.4. The van der Waals surface area contributed by atoms with Crippen molar-refractivity contribution in [3.63, 3.8) is 0 Å². The Bertz CT molecular complexity index is 762. The van der Waals surface area contributed by atoms with E-state index in [1.54, 1.807) is 29.1 Å². The molecule has 3 rings (SSSR count). The van der Waals surface area contributed by atoms with Crippen LogP contribution in [0.3, 0.4) is 0 Å². The van der Waals surface area contributed by atoms with Gasteiger partial charge in [0.25, 0.3) is 5.88 Å². The van der Waals surface area contributed by atoms with Crippen LogP contribution in [0.1, 0.15) is 0 Å². The van der Waals surface area contributed by atoms with Crippen LogP contribution in [0, 0.1) is 5.82 Å². The van der Waals surface area contributed by atoms with Gasteiger partial charge in [-0.25, -0.2) is 14.4 Å². The van der Waals surface area contributed by atoms with E-state index in [1.807, 2.05) is 0 Å². The first-order valence-corrected chi connectivity index (χ1v) is 6.43. The fourth-order valence-corrected chi connectivity index (χ4v) is 2.09. The second-order valence-corrected chi connectivity index (χ2v) is 4.92. The highest BCUT2D eigenvalue weighted by Crippen LogP contribution is 2.27. The smallest absolute Gasteiger partial charge is 0.264 e. The fourth-order valence-electron chi connectivity index (χ4n) is 1.59. The number of rotatable bonds is 2. The summed E-state index contributed by atoms with van der Waals surface area (Å²) in [6.07, 6.45) is 5.13. The summed E-state index contributed by atoms with van der Waals surface area (Å²) < 4.78 is 21.2. The Kier molecular flexibility index (Phi) is 3.12. The van der Waals surface area contributed by atoms with Crippen LogP contribution in [0.15, 0.2) is 41.4 Å². The van der Waals surface area contributed by atoms with E-state index in [-0.39, 0.29) is 10.9 Å². The van der Waals surface area contributed by atoms with Gasteiger partial charge in [0.1, 0.15) is 16.2 Å². The summed E-state index contributed by atoms with van der Waals surface area (Å²) in [5.41, 5.74) is 0.540. The number of imidazole rings is 1. The summed E-state index contributed by atoms with van der Waals surface area (Å²) in [4.78, 5) is 8.31. The number of nitrogens with zero attached hydrogens (tertiary/aromatic N) is 3. The Morgan fingerprint density at radius 2 is 2.21 bits per heavy atom. The van der Waals surface area contributed by atoms with Gasteiger partial charge in [-0.1, -0.05) is 11.6 Å². The Hall–Kier alpha value is -1.66. The van der Waals surface area contributed by atoms with E-state index in [0.717, 1.165) is 0 Å². The third kappa shape index (κ3) is 2.41. The minimum absolute atomic E-state index is 0.0421. The van der Waals surface area contributed by atoms with Crippen LogP contribution in [0.5, 0.6) is 11.6 Å². The fraction of sp³-hybridized carbons (Fsp3) is 0. The molecule has 0 bridgehead atoms. The van der Waals surface area contributed by atoms with Crippen LogP contribution in [-0.2, 0) is 0 Å². The topological polar surface area (TPSA) is 39.4 Å². The van der Waals surface area contributed by atoms with Crippen LogP contribution >= 0.6 is 27.5 Å². The number of benzene rings is 1. The molecule has 1 aromatic carbocycles. The molecule has 0 unspecified atom stereocenters. The molecule has 0 fully saturated rings. The van der Waals surface area contributed by atoms with Crippen molar-refractivity contribution in [2.75, 3.05) is 0 Å². The van der Waals surface area contributed by atoms with Crippen LogP contribution in [0.2, 0.25) is 5.02 Å². The molecule has 7 heteroatoms. The molecule has 0 aliphatic carbocycles. The number of aromatic nitrogens is 3. The van der Waals surface area contributed by atoms with E-state index in [2.05, 4.69) is 25.9 Å². The summed E-state index contributed by atoms with van der Waals surface area (Å²) in [6.45, 7) is 0. The van der Waals surface area contributed by atoms with Crippen LogP contribution in [0.25, 0.3) is 5.65 Å². The highest BCUT2D eigenvalue weighted by molar-refractivity contribution is 9.10. The molecule has 0 radical (unpaired) electrons. The molecule has 0 aliphatic heterocycles. The average Bonchev–Trinajstić information content (AvgIpc) is 2.82. The summed E-state index contributed by atoms with van der Waals surface area (Å²) in [5.74, 6) is 0.0343. The molecular formula is C12H6BrClFN3O. The zero-order valence-corrected chi connectivity index (χ0v) is 11.7. The molecule has 0 amide bonds. The molecule has 0 aliphatic rings. The molecule has 2 heterocycles. The Morgan fingerprint density at radius 3 is 3.00 bits per heavy atom. The second kappa shape index (κ2) is 4.79. The molecule has 3 aromatic rings. The van der Waals surface area contributed by atoms with E-state index < -0.39 is 5.82 Å². The van der Waals surface area contributed by atoms with Gasteiger partial charge in [0.05, 0.1) is 5.02 Å². The zero-order valence-electron chi connectivity index (χ0n) is 9.35. The maximum Gasteiger partial charge on any atom is 0.264 e. The van der Waals surface area contributed by atoms with Gasteiger partial charge >= 0.3 is 0 Å². The quantitative estimate of drug-likeness (QED) is 0.704. The molecule has 0 saturated carbocycles. The molecule has 0 spiro atoms. The molecule has 2 aromatic heterocycles. The van der Waals surface area contributed by atoms with Crippen molar-refractivity contribution >= 4 is 33.2 Å². The lowest BCUT2D eigenvalue weighted by Gasteiger charge is -2.07. The number of ether oxygens (including phenoxy) is 1. The van der Waals surface area contributed by atoms with Crippen molar-refractivity contribution in [1.29, 1.82) is 0 Å². The summed E-state index contributed by atoms with van der Waals surface area (Å²) in [7, 11) is 0. The number of halogens is 3. The lowest BCUT2D eigenvalue weighted by molar-refractivity contribution is 0.459. The highest BCUT2D eigenvalue weighted by atomic mass is 79.9. The van der Waals surface area contributed by atoms with Gasteiger partial charge in [0.2, 0.25) is 5.65 Å². The third-order valence-corrected chi connectivity index (χ3v) is 3.11. The largest absolute Gasteiger partial charge is 0.436 e. The molecule has 0 atom stereocenters. The minimum Gasteiger partial charge on any atom is -0.436 e. The van der Waals surface area contributed by atoms with E-state index in [0.29, 0.717) is 16.0 Å². The van der Waals surface area contributed by atoms with Gasteiger partial charge in [0, 0.05) is 24.7 Å². The first-order chi connectivity index (χ1) is 9.13. The lowest BCUT2D eigenvalue weighted by atomic mass is 10.3. The zero-order chi connectivity index (χ0) is 13.4. The number of hydrogen-bond donors (Lipinski definition) is 0. The molecular weight excluding hydrogens is 337 g/mol. The van der Waals surface area contributed by atoms with Crippen molar-refractivity contribution in [2.24, 2.45) is 0 Å². The number of fused-ring (bicyclic) bond motifs is 1. The van der Waals surface area contributed by atoms with E-state index in [9.17, 15) is 4.39 Å². The van der Waals surface area contributed by atoms with Crippen LogP contribution in [0.4, 0.5) is 4.39 Å². The van der Waals surface area contributed by atoms with Crippen molar-refractivity contribution < 1.29 is 9.13 Å². The summed E-state index contributed by atoms with van der Waals surface area (Å²) in [6, 6.07) is 4.19. The Labute approximate surface area is 120 Å². The molecule has 96 valence electrons. The summed E-state index contributed by atoms with van der Waals surface area (Å²) >= 11 is 8.89. The average molecular weight is 343 g/mol. The van der Waals surface area contributed by atoms with Gasteiger partial charge in [-0.05, 0) is 28.1 Å². The molecule has 19 heavy (non-hydrogen) atoms. The van der Waals surface area contributed by atoms with Gasteiger partial charge in [0.15, 0.2) is 0 Å². The normalized spacial score (nSPS) is 10.9. The predicted molar refractivity (Wildman–Crippen MR) is 72.2 cm³/mol. The second-order valence-electron chi connectivity index (χ2n) is 3.70. The van der Waals surface area contributed by atoms with Gasteiger partial charge < -0.3 is 4.74 Å². The van der Waals surface area contributed by atoms with Gasteiger partial charge in [-0.2, -0.15) is 0 Å². The first-order valence-electron chi connectivity index (χ1n) is 5.25. The van der Waals surface area contributed by atoms with Crippen LogP contribution in [-0.4, -0.2) is 14.4 Å². The highest BCUT2D eigenvalue weighted by Gasteiger charge is 2.10. The predicted octanol–water partition coefficient (Wildman–Crippen LogP) is 4.08. The van der Waals surface area contributed by atoms with Crippen molar-refractivity contribution in [2.45, 2.75) is 0 Å². The Morgan fingerprint density at radius 1 is 1.37 bits per heavy atom. The minimum atomic E-state index is -0.548. The van der Waals surface area contributed by atoms with Crippen LogP contribution < -0.4 is 4.74 Å². The molecule has 4 nitrogen and oxygen atoms in total. The Balaban J connectivity index is 2.04. The lowest BCUT2D eigenvalue weighted by Crippen LogP contribution is -1.95. The maximum absolute atomic E-state index is 13.4. The molecule has 0 N–H and O–H groups in total. The monoisotopic (exact) mass is 341 g/mol. The van der Waals surface area contributed by atoms with E-state index >= 15 is 0 Å². The van der Waals surface area contributed by atoms with E-state index in [1.165, 1.54) is 12.1 Å². The SMILES string of the molecule is Fc1cc(Oc2nc(Br)cn3ccnc23)ccc1Cl. The first kappa shape index (κ1) is 12.4. The molecule has 0 saturated heterocycles. The number of hydrogen-bond acceptors (Lipinski definition) is 3.